The maximum Gasteiger partial charge on any atom is 0.250 e. The van der Waals surface area contributed by atoms with Gasteiger partial charge in [-0.05, 0) is 25.5 Å². The average molecular weight is 319 g/mol. The number of sulfonamides is 1. The topological polar surface area (TPSA) is 58.2 Å². The molecule has 0 spiro atoms. The Morgan fingerprint density at radius 2 is 1.95 bits per heavy atom. The van der Waals surface area contributed by atoms with Crippen molar-refractivity contribution in [3.8, 4) is 0 Å². The van der Waals surface area contributed by atoms with Crippen molar-refractivity contribution >= 4 is 21.4 Å². The Labute approximate surface area is 127 Å². The fourth-order valence-corrected chi connectivity index (χ4v) is 4.40. The van der Waals surface area contributed by atoms with E-state index in [1.54, 1.807) is 6.07 Å². The normalized spacial score (nSPS) is 13.8. The molecule has 0 aliphatic rings. The van der Waals surface area contributed by atoms with Crippen molar-refractivity contribution in [2.24, 2.45) is 0 Å². The van der Waals surface area contributed by atoms with Crippen molar-refractivity contribution in [3.63, 3.8) is 0 Å². The minimum absolute atomic E-state index is 0.0145. The van der Waals surface area contributed by atoms with Gasteiger partial charge in [0.25, 0.3) is 0 Å². The van der Waals surface area contributed by atoms with Gasteiger partial charge in [0.15, 0.2) is 0 Å². The first-order valence-electron chi connectivity index (χ1n) is 7.19. The smallest absolute Gasteiger partial charge is 0.250 e. The standard InChI is InChI=1S/C14H26N2O2S2/c1-5-6-7-12(4)16-20(17,18)14-9-8-13(19-14)10-15-11(2)3/h8-9,11-12,15-16H,5-7,10H2,1-4H3. The van der Waals surface area contributed by atoms with Gasteiger partial charge in [0, 0.05) is 23.5 Å². The number of thiophene rings is 1. The van der Waals surface area contributed by atoms with Crippen LogP contribution in [0.25, 0.3) is 0 Å². The van der Waals surface area contributed by atoms with Crippen LogP contribution in [0.15, 0.2) is 16.3 Å². The molecular weight excluding hydrogens is 292 g/mol. The Kier molecular flexibility index (Phi) is 7.15. The van der Waals surface area contributed by atoms with Gasteiger partial charge in [-0.3, -0.25) is 0 Å². The summed E-state index contributed by atoms with van der Waals surface area (Å²) in [5, 5.41) is 3.29. The number of rotatable bonds is 9. The molecule has 0 saturated carbocycles. The molecule has 1 rings (SSSR count). The highest BCUT2D eigenvalue weighted by Gasteiger charge is 2.19. The third-order valence-corrected chi connectivity index (χ3v) is 6.10. The van der Waals surface area contributed by atoms with Crippen LogP contribution in [-0.2, 0) is 16.6 Å². The summed E-state index contributed by atoms with van der Waals surface area (Å²) in [7, 11) is -3.37. The number of hydrogen-bond donors (Lipinski definition) is 2. The van der Waals surface area contributed by atoms with Crippen LogP contribution < -0.4 is 10.0 Å². The summed E-state index contributed by atoms with van der Waals surface area (Å²) in [6.07, 6.45) is 3.00. The summed E-state index contributed by atoms with van der Waals surface area (Å²) >= 11 is 1.33. The first-order valence-corrected chi connectivity index (χ1v) is 9.49. The van der Waals surface area contributed by atoms with Gasteiger partial charge < -0.3 is 5.32 Å². The maximum atomic E-state index is 12.2. The Morgan fingerprint density at radius 1 is 1.25 bits per heavy atom. The summed E-state index contributed by atoms with van der Waals surface area (Å²) in [5.41, 5.74) is 0. The number of nitrogens with one attached hydrogen (secondary N) is 2. The molecule has 0 fully saturated rings. The van der Waals surface area contributed by atoms with Gasteiger partial charge in [0.2, 0.25) is 10.0 Å². The molecule has 116 valence electrons. The fourth-order valence-electron chi connectivity index (χ4n) is 1.79. The fraction of sp³-hybridized carbons (Fsp3) is 0.714. The van der Waals surface area contributed by atoms with Gasteiger partial charge in [-0.1, -0.05) is 33.6 Å². The SMILES string of the molecule is CCCCC(C)NS(=O)(=O)c1ccc(CNC(C)C)s1. The minimum atomic E-state index is -3.37. The summed E-state index contributed by atoms with van der Waals surface area (Å²) in [4.78, 5) is 1.04. The van der Waals surface area contributed by atoms with E-state index >= 15 is 0 Å². The highest BCUT2D eigenvalue weighted by atomic mass is 32.2. The second-order valence-electron chi connectivity index (χ2n) is 5.42. The molecule has 1 aromatic rings. The molecule has 0 aromatic carbocycles. The highest BCUT2D eigenvalue weighted by molar-refractivity contribution is 7.91. The van der Waals surface area contributed by atoms with E-state index in [1.807, 2.05) is 13.0 Å². The molecule has 1 aromatic heterocycles. The van der Waals surface area contributed by atoms with Gasteiger partial charge in [0.05, 0.1) is 0 Å². The lowest BCUT2D eigenvalue weighted by Crippen LogP contribution is -2.32. The Hall–Kier alpha value is -0.430. The van der Waals surface area contributed by atoms with Crippen molar-refractivity contribution < 1.29 is 8.42 Å². The van der Waals surface area contributed by atoms with E-state index in [2.05, 4.69) is 30.8 Å². The van der Waals surface area contributed by atoms with E-state index < -0.39 is 10.0 Å². The largest absolute Gasteiger partial charge is 0.310 e. The van der Waals surface area contributed by atoms with Gasteiger partial charge in [-0.25, -0.2) is 13.1 Å². The lowest BCUT2D eigenvalue weighted by molar-refractivity contribution is 0.535. The molecule has 6 heteroatoms. The molecule has 20 heavy (non-hydrogen) atoms. The predicted octanol–water partition coefficient (Wildman–Crippen LogP) is 3.10. The molecule has 1 atom stereocenters. The van der Waals surface area contributed by atoms with Crippen molar-refractivity contribution in [1.82, 2.24) is 10.0 Å². The number of hydrogen-bond acceptors (Lipinski definition) is 4. The molecular formula is C14H26N2O2S2. The molecule has 2 N–H and O–H groups in total. The van der Waals surface area contributed by atoms with Crippen LogP contribution in [0.5, 0.6) is 0 Å². The Bertz CT molecular complexity index is 495. The Balaban J connectivity index is 2.63. The Morgan fingerprint density at radius 3 is 2.55 bits per heavy atom. The summed E-state index contributed by atoms with van der Waals surface area (Å²) in [5.74, 6) is 0. The third kappa shape index (κ3) is 5.91. The van der Waals surface area contributed by atoms with Crippen molar-refractivity contribution in [2.45, 2.75) is 69.8 Å². The molecule has 0 saturated heterocycles. The zero-order valence-electron chi connectivity index (χ0n) is 12.8. The van der Waals surface area contributed by atoms with Crippen LogP contribution in [-0.4, -0.2) is 20.5 Å². The molecule has 0 amide bonds. The van der Waals surface area contributed by atoms with Crippen molar-refractivity contribution in [3.05, 3.63) is 17.0 Å². The van der Waals surface area contributed by atoms with E-state index in [0.29, 0.717) is 16.8 Å². The van der Waals surface area contributed by atoms with Crippen LogP contribution in [0, 0.1) is 0 Å². The summed E-state index contributed by atoms with van der Waals surface area (Å²) in [6.45, 7) is 8.88. The molecule has 0 aliphatic heterocycles. The van der Waals surface area contributed by atoms with Crippen LogP contribution in [0.2, 0.25) is 0 Å². The monoisotopic (exact) mass is 318 g/mol. The molecule has 1 unspecified atom stereocenters. The minimum Gasteiger partial charge on any atom is -0.310 e. The van der Waals surface area contributed by atoms with Crippen molar-refractivity contribution in [2.75, 3.05) is 0 Å². The average Bonchev–Trinajstić information content (AvgIpc) is 2.83. The quantitative estimate of drug-likeness (QED) is 0.735. The third-order valence-electron chi connectivity index (χ3n) is 2.93. The van der Waals surface area contributed by atoms with Crippen LogP contribution in [0.4, 0.5) is 0 Å². The van der Waals surface area contributed by atoms with Crippen LogP contribution in [0.3, 0.4) is 0 Å². The second-order valence-corrected chi connectivity index (χ2v) is 8.53. The highest BCUT2D eigenvalue weighted by Crippen LogP contribution is 2.22. The van der Waals surface area contributed by atoms with E-state index in [9.17, 15) is 8.42 Å². The lowest BCUT2D eigenvalue weighted by atomic mass is 10.2. The maximum absolute atomic E-state index is 12.2. The first kappa shape index (κ1) is 17.6. The van der Waals surface area contributed by atoms with Gasteiger partial charge in [-0.2, -0.15) is 0 Å². The van der Waals surface area contributed by atoms with Gasteiger partial charge in [0.1, 0.15) is 4.21 Å². The molecule has 0 radical (unpaired) electrons. The van der Waals surface area contributed by atoms with E-state index in [4.69, 9.17) is 0 Å². The van der Waals surface area contributed by atoms with Crippen LogP contribution >= 0.6 is 11.3 Å². The summed E-state index contributed by atoms with van der Waals surface area (Å²) in [6, 6.07) is 3.95. The zero-order chi connectivity index (χ0) is 15.2. The van der Waals surface area contributed by atoms with Crippen LogP contribution in [0.1, 0.15) is 51.8 Å². The zero-order valence-corrected chi connectivity index (χ0v) is 14.4. The molecule has 4 nitrogen and oxygen atoms in total. The summed E-state index contributed by atoms with van der Waals surface area (Å²) < 4.78 is 27.6. The van der Waals surface area contributed by atoms with E-state index in [-0.39, 0.29) is 6.04 Å². The van der Waals surface area contributed by atoms with E-state index in [0.717, 1.165) is 24.1 Å². The van der Waals surface area contributed by atoms with Gasteiger partial charge in [-0.15, -0.1) is 11.3 Å². The molecule has 0 bridgehead atoms. The van der Waals surface area contributed by atoms with Crippen molar-refractivity contribution in [1.29, 1.82) is 0 Å². The molecule has 0 aliphatic carbocycles. The number of unbranched alkanes of at least 4 members (excludes halogenated alkanes) is 1. The van der Waals surface area contributed by atoms with E-state index in [1.165, 1.54) is 11.3 Å². The van der Waals surface area contributed by atoms with Gasteiger partial charge >= 0.3 is 0 Å². The predicted molar refractivity (Wildman–Crippen MR) is 85.6 cm³/mol. The second kappa shape index (κ2) is 8.12. The lowest BCUT2D eigenvalue weighted by Gasteiger charge is -2.12. The first-order chi connectivity index (χ1) is 9.35. The molecule has 1 heterocycles.